The third-order valence-electron chi connectivity index (χ3n) is 4.96. The van der Waals surface area contributed by atoms with E-state index in [1.54, 1.807) is 36.9 Å². The minimum atomic E-state index is -0.287. The summed E-state index contributed by atoms with van der Waals surface area (Å²) in [4.78, 5) is 20.2. The lowest BCUT2D eigenvalue weighted by atomic mass is 10.2. The van der Waals surface area contributed by atoms with Crippen molar-refractivity contribution in [1.29, 1.82) is 0 Å². The number of hydrogen-bond acceptors (Lipinski definition) is 6. The Balaban J connectivity index is 1.58. The predicted molar refractivity (Wildman–Crippen MR) is 107 cm³/mol. The zero-order valence-corrected chi connectivity index (χ0v) is 15.9. The molecule has 146 valence electrons. The molecule has 8 heteroatoms. The Labute approximate surface area is 166 Å². The highest BCUT2D eigenvalue weighted by Crippen LogP contribution is 2.28. The number of morpholine rings is 1. The van der Waals surface area contributed by atoms with Gasteiger partial charge in [0.05, 0.1) is 35.5 Å². The lowest BCUT2D eigenvalue weighted by molar-refractivity contribution is 0.0526. The number of rotatable bonds is 3. The first kappa shape index (κ1) is 17.7. The first-order chi connectivity index (χ1) is 14.2. The predicted octanol–water partition coefficient (Wildman–Crippen LogP) is 3.24. The van der Waals surface area contributed by atoms with Crippen LogP contribution in [0.5, 0.6) is 0 Å². The van der Waals surface area contributed by atoms with Gasteiger partial charge in [0.15, 0.2) is 0 Å². The fourth-order valence-corrected chi connectivity index (χ4v) is 3.57. The molecule has 0 saturated carbocycles. The van der Waals surface area contributed by atoms with Crippen LogP contribution in [-0.2, 0) is 4.74 Å². The molecule has 1 saturated heterocycles. The molecule has 0 N–H and O–H groups in total. The van der Waals surface area contributed by atoms with Gasteiger partial charge in [0.25, 0.3) is 0 Å². The fourth-order valence-electron chi connectivity index (χ4n) is 3.57. The molecule has 0 amide bonds. The Morgan fingerprint density at radius 3 is 2.62 bits per heavy atom. The smallest absolute Gasteiger partial charge is 0.225 e. The van der Waals surface area contributed by atoms with Gasteiger partial charge in [-0.2, -0.15) is 0 Å². The van der Waals surface area contributed by atoms with Crippen LogP contribution in [0.25, 0.3) is 28.1 Å². The molecular formula is C21H19FN6O. The van der Waals surface area contributed by atoms with Crippen molar-refractivity contribution in [2.75, 3.05) is 24.6 Å². The minimum Gasteiger partial charge on any atom is -0.375 e. The summed E-state index contributed by atoms with van der Waals surface area (Å²) in [5.41, 5.74) is 3.20. The quantitative estimate of drug-likeness (QED) is 0.535. The van der Waals surface area contributed by atoms with E-state index in [-0.39, 0.29) is 11.9 Å². The first-order valence-corrected chi connectivity index (χ1v) is 9.46. The molecule has 3 aromatic heterocycles. The van der Waals surface area contributed by atoms with Crippen LogP contribution in [0.3, 0.4) is 0 Å². The molecule has 0 radical (unpaired) electrons. The molecule has 1 aliphatic rings. The molecule has 4 heterocycles. The van der Waals surface area contributed by atoms with Crippen LogP contribution in [0.4, 0.5) is 10.3 Å². The van der Waals surface area contributed by atoms with Crippen LogP contribution in [0.2, 0.25) is 0 Å². The Kier molecular flexibility index (Phi) is 4.40. The number of imidazole rings is 1. The van der Waals surface area contributed by atoms with Crippen LogP contribution in [0.1, 0.15) is 6.92 Å². The molecule has 0 spiro atoms. The second-order valence-electron chi connectivity index (χ2n) is 7.01. The van der Waals surface area contributed by atoms with Gasteiger partial charge < -0.3 is 9.64 Å². The average Bonchev–Trinajstić information content (AvgIpc) is 3.14. The van der Waals surface area contributed by atoms with Crippen molar-refractivity contribution in [3.63, 3.8) is 0 Å². The van der Waals surface area contributed by atoms with E-state index >= 15 is 0 Å². The van der Waals surface area contributed by atoms with E-state index < -0.39 is 0 Å². The summed E-state index contributed by atoms with van der Waals surface area (Å²) in [5, 5.41) is 0. The second kappa shape index (κ2) is 7.21. The van der Waals surface area contributed by atoms with Gasteiger partial charge in [-0.3, -0.25) is 9.55 Å². The first-order valence-electron chi connectivity index (χ1n) is 9.46. The summed E-state index contributed by atoms with van der Waals surface area (Å²) in [5.74, 6) is 1.07. The van der Waals surface area contributed by atoms with E-state index in [9.17, 15) is 4.39 Å². The normalized spacial score (nSPS) is 17.0. The van der Waals surface area contributed by atoms with Gasteiger partial charge in [-0.1, -0.05) is 0 Å². The van der Waals surface area contributed by atoms with Crippen molar-refractivity contribution in [3.05, 3.63) is 60.9 Å². The Bertz CT molecular complexity index is 1140. The van der Waals surface area contributed by atoms with Crippen LogP contribution in [0.15, 0.2) is 55.1 Å². The largest absolute Gasteiger partial charge is 0.375 e. The maximum absolute atomic E-state index is 13.4. The molecule has 1 aromatic carbocycles. The van der Waals surface area contributed by atoms with Gasteiger partial charge in [-0.15, -0.1) is 0 Å². The third-order valence-corrected chi connectivity index (χ3v) is 4.96. The molecule has 29 heavy (non-hydrogen) atoms. The van der Waals surface area contributed by atoms with Gasteiger partial charge in [0.1, 0.15) is 11.6 Å². The van der Waals surface area contributed by atoms with Gasteiger partial charge in [0, 0.05) is 37.4 Å². The maximum atomic E-state index is 13.4. The van der Waals surface area contributed by atoms with Crippen molar-refractivity contribution in [3.8, 4) is 17.1 Å². The lowest BCUT2D eigenvalue weighted by Gasteiger charge is -2.31. The summed E-state index contributed by atoms with van der Waals surface area (Å²) < 4.78 is 21.0. The molecule has 0 bridgehead atoms. The number of anilines is 1. The number of ether oxygens (including phenoxy) is 1. The van der Waals surface area contributed by atoms with Gasteiger partial charge in [0.2, 0.25) is 5.95 Å². The second-order valence-corrected chi connectivity index (χ2v) is 7.01. The number of pyridine rings is 1. The summed E-state index contributed by atoms with van der Waals surface area (Å²) >= 11 is 0. The van der Waals surface area contributed by atoms with E-state index in [1.807, 2.05) is 17.6 Å². The highest BCUT2D eigenvalue weighted by Gasteiger charge is 2.20. The zero-order valence-electron chi connectivity index (χ0n) is 15.9. The monoisotopic (exact) mass is 390 g/mol. The van der Waals surface area contributed by atoms with Gasteiger partial charge in [-0.05, 0) is 37.3 Å². The molecule has 1 fully saturated rings. The third kappa shape index (κ3) is 3.31. The summed E-state index contributed by atoms with van der Waals surface area (Å²) in [6, 6.07) is 8.15. The van der Waals surface area contributed by atoms with Crippen molar-refractivity contribution in [1.82, 2.24) is 24.5 Å². The number of fused-ring (bicyclic) bond motifs is 1. The molecule has 1 unspecified atom stereocenters. The Morgan fingerprint density at radius 2 is 1.86 bits per heavy atom. The fraction of sp³-hybridized carbons (Fsp3) is 0.238. The summed E-state index contributed by atoms with van der Waals surface area (Å²) in [6.45, 7) is 4.24. The number of nitrogens with zero attached hydrogens (tertiary/aromatic N) is 6. The van der Waals surface area contributed by atoms with Crippen LogP contribution >= 0.6 is 0 Å². The standard InChI is InChI=1S/C21H19FN6O/c1-14-13-27(8-9-29-14)21-24-10-15(11-25-21)20-26-18-6-7-23-12-19(18)28(20)17-4-2-16(22)3-5-17/h2-7,10-12,14H,8-9,13H2,1H3. The van der Waals surface area contributed by atoms with E-state index in [4.69, 9.17) is 9.72 Å². The number of aromatic nitrogens is 5. The summed E-state index contributed by atoms with van der Waals surface area (Å²) in [6.07, 6.45) is 7.16. The maximum Gasteiger partial charge on any atom is 0.225 e. The molecular weight excluding hydrogens is 371 g/mol. The topological polar surface area (TPSA) is 69.0 Å². The van der Waals surface area contributed by atoms with E-state index in [1.165, 1.54) is 12.1 Å². The van der Waals surface area contributed by atoms with E-state index in [2.05, 4.69) is 19.9 Å². The lowest BCUT2D eigenvalue weighted by Crippen LogP contribution is -2.41. The zero-order chi connectivity index (χ0) is 19.8. The van der Waals surface area contributed by atoms with Crippen molar-refractivity contribution < 1.29 is 9.13 Å². The average molecular weight is 390 g/mol. The molecule has 1 aliphatic heterocycles. The van der Waals surface area contributed by atoms with Gasteiger partial charge >= 0.3 is 0 Å². The molecule has 0 aliphatic carbocycles. The number of halogens is 1. The molecule has 7 nitrogen and oxygen atoms in total. The van der Waals surface area contributed by atoms with Crippen LogP contribution in [0, 0.1) is 5.82 Å². The highest BCUT2D eigenvalue weighted by atomic mass is 19.1. The van der Waals surface area contributed by atoms with Crippen LogP contribution < -0.4 is 4.90 Å². The number of hydrogen-bond donors (Lipinski definition) is 0. The van der Waals surface area contributed by atoms with E-state index in [0.717, 1.165) is 35.4 Å². The molecule has 5 rings (SSSR count). The Morgan fingerprint density at radius 1 is 1.07 bits per heavy atom. The van der Waals surface area contributed by atoms with Crippen molar-refractivity contribution >= 4 is 17.0 Å². The number of benzene rings is 1. The molecule has 4 aromatic rings. The minimum absolute atomic E-state index is 0.155. The Hall–Kier alpha value is -3.39. The van der Waals surface area contributed by atoms with E-state index in [0.29, 0.717) is 18.4 Å². The van der Waals surface area contributed by atoms with Crippen molar-refractivity contribution in [2.45, 2.75) is 13.0 Å². The van der Waals surface area contributed by atoms with Crippen LogP contribution in [-0.4, -0.2) is 50.3 Å². The molecule has 1 atom stereocenters. The SMILES string of the molecule is CC1CN(c2ncc(-c3nc4ccncc4n3-c3ccc(F)cc3)cn2)CCO1. The van der Waals surface area contributed by atoms with Gasteiger partial charge in [-0.25, -0.2) is 19.3 Å². The summed E-state index contributed by atoms with van der Waals surface area (Å²) in [7, 11) is 0. The highest BCUT2D eigenvalue weighted by molar-refractivity contribution is 5.82. The van der Waals surface area contributed by atoms with Crippen molar-refractivity contribution in [2.24, 2.45) is 0 Å².